The van der Waals surface area contributed by atoms with Crippen molar-refractivity contribution in [3.63, 3.8) is 0 Å². The van der Waals surface area contributed by atoms with Crippen molar-refractivity contribution in [3.8, 4) is 0 Å². The van der Waals surface area contributed by atoms with Crippen LogP contribution < -0.4 is 5.84 Å². The second-order valence-electron chi connectivity index (χ2n) is 5.17. The minimum Gasteiger partial charge on any atom is -0.439 e. The second-order valence-corrected chi connectivity index (χ2v) is 5.58. The van der Waals surface area contributed by atoms with Gasteiger partial charge < -0.3 is 20.1 Å². The Balaban J connectivity index is 2.11. The number of nitrogens with two attached hydrogens (primary N) is 1. The Bertz CT molecular complexity index is 628. The highest BCUT2D eigenvalue weighted by atomic mass is 35.5. The maximum Gasteiger partial charge on any atom is 0.242 e. The molecule has 1 aromatic carbocycles. The van der Waals surface area contributed by atoms with E-state index in [4.69, 9.17) is 31.7 Å². The van der Waals surface area contributed by atoms with Gasteiger partial charge in [0.2, 0.25) is 5.90 Å². The van der Waals surface area contributed by atoms with Crippen LogP contribution in [0.25, 0.3) is 0 Å². The van der Waals surface area contributed by atoms with Crippen molar-refractivity contribution in [1.82, 2.24) is 0 Å². The van der Waals surface area contributed by atoms with Gasteiger partial charge in [-0.2, -0.15) is 0 Å². The summed E-state index contributed by atoms with van der Waals surface area (Å²) in [4.78, 5) is 10.8. The van der Waals surface area contributed by atoms with E-state index in [-0.39, 0.29) is 10.9 Å². The SMILES string of the molecule is C=C(O/C(=N\N)c1ccc(C=O)c(Cl)c1)[C@H]1COC(C)(C)O1. The van der Waals surface area contributed by atoms with E-state index >= 15 is 0 Å². The molecule has 1 saturated heterocycles. The summed E-state index contributed by atoms with van der Waals surface area (Å²) in [6, 6.07) is 4.73. The molecule has 6 nitrogen and oxygen atoms in total. The standard InChI is InChI=1S/C15H17ClN2O4/c1-9(13-8-20-15(2,3)22-13)21-14(18-17)10-4-5-11(7-19)12(16)6-10/h4-7,13H,1,8,17H2,2-3H3/b18-14-/t13-/m1/s1. The van der Waals surface area contributed by atoms with Crippen LogP contribution >= 0.6 is 11.6 Å². The van der Waals surface area contributed by atoms with Crippen LogP contribution in [-0.2, 0) is 14.2 Å². The van der Waals surface area contributed by atoms with Gasteiger partial charge in [-0.05, 0) is 32.0 Å². The van der Waals surface area contributed by atoms with Gasteiger partial charge in [0.1, 0.15) is 11.9 Å². The van der Waals surface area contributed by atoms with Crippen molar-refractivity contribution in [2.24, 2.45) is 10.9 Å². The molecule has 0 saturated carbocycles. The second kappa shape index (κ2) is 6.48. The highest BCUT2D eigenvalue weighted by molar-refractivity contribution is 6.33. The number of halogens is 1. The van der Waals surface area contributed by atoms with Crippen LogP contribution in [0.5, 0.6) is 0 Å². The Kier molecular flexibility index (Phi) is 4.85. The molecule has 1 aliphatic rings. The lowest BCUT2D eigenvalue weighted by atomic mass is 10.1. The number of rotatable bonds is 4. The summed E-state index contributed by atoms with van der Waals surface area (Å²) in [5.74, 6) is 5.12. The van der Waals surface area contributed by atoms with Crippen molar-refractivity contribution in [1.29, 1.82) is 0 Å². The highest BCUT2D eigenvalue weighted by Crippen LogP contribution is 2.27. The predicted octanol–water partition coefficient (Wildman–Crippen LogP) is 2.45. The molecule has 0 aliphatic carbocycles. The van der Waals surface area contributed by atoms with E-state index in [1.54, 1.807) is 32.0 Å². The minimum absolute atomic E-state index is 0.123. The van der Waals surface area contributed by atoms with E-state index < -0.39 is 11.9 Å². The van der Waals surface area contributed by atoms with Gasteiger partial charge in [-0.15, -0.1) is 5.10 Å². The topological polar surface area (TPSA) is 83.1 Å². The number of hydrogen-bond donors (Lipinski definition) is 1. The Morgan fingerprint density at radius 2 is 2.32 bits per heavy atom. The maximum atomic E-state index is 10.8. The molecule has 2 N–H and O–H groups in total. The van der Waals surface area contributed by atoms with Gasteiger partial charge in [-0.3, -0.25) is 4.79 Å². The lowest BCUT2D eigenvalue weighted by molar-refractivity contribution is -0.136. The Labute approximate surface area is 133 Å². The average Bonchev–Trinajstić information content (AvgIpc) is 2.84. The van der Waals surface area contributed by atoms with E-state index in [0.717, 1.165) is 0 Å². The van der Waals surface area contributed by atoms with Crippen LogP contribution in [0.2, 0.25) is 5.02 Å². The molecule has 0 aromatic heterocycles. The first kappa shape index (κ1) is 16.5. The molecule has 2 rings (SSSR count). The van der Waals surface area contributed by atoms with Crippen molar-refractivity contribution in [2.45, 2.75) is 25.7 Å². The summed E-state index contributed by atoms with van der Waals surface area (Å²) < 4.78 is 16.7. The highest BCUT2D eigenvalue weighted by Gasteiger charge is 2.35. The van der Waals surface area contributed by atoms with Gasteiger partial charge in [0, 0.05) is 11.1 Å². The molecular weight excluding hydrogens is 308 g/mol. The molecule has 0 spiro atoms. The fourth-order valence-electron chi connectivity index (χ4n) is 1.95. The van der Waals surface area contributed by atoms with Crippen molar-refractivity contribution in [2.75, 3.05) is 6.61 Å². The summed E-state index contributed by atoms with van der Waals surface area (Å²) in [6.07, 6.45) is 0.244. The van der Waals surface area contributed by atoms with Gasteiger partial charge >= 0.3 is 0 Å². The van der Waals surface area contributed by atoms with E-state index in [1.807, 2.05) is 0 Å². The molecule has 0 radical (unpaired) electrons. The van der Waals surface area contributed by atoms with Gasteiger partial charge in [0.25, 0.3) is 0 Å². The van der Waals surface area contributed by atoms with E-state index in [2.05, 4.69) is 11.7 Å². The average molecular weight is 325 g/mol. The van der Waals surface area contributed by atoms with E-state index in [0.29, 0.717) is 29.8 Å². The first-order valence-corrected chi connectivity index (χ1v) is 6.95. The van der Waals surface area contributed by atoms with E-state index in [1.165, 1.54) is 0 Å². The molecule has 118 valence electrons. The predicted molar refractivity (Wildman–Crippen MR) is 82.7 cm³/mol. The number of nitrogens with zero attached hydrogens (tertiary/aromatic N) is 1. The number of benzene rings is 1. The smallest absolute Gasteiger partial charge is 0.242 e. The summed E-state index contributed by atoms with van der Waals surface area (Å²) >= 11 is 5.98. The molecule has 0 amide bonds. The molecule has 1 atom stereocenters. The summed E-state index contributed by atoms with van der Waals surface area (Å²) in [6.45, 7) is 7.75. The lowest BCUT2D eigenvalue weighted by Gasteiger charge is -2.18. The monoisotopic (exact) mass is 324 g/mol. The maximum absolute atomic E-state index is 10.8. The van der Waals surface area contributed by atoms with Crippen molar-refractivity contribution >= 4 is 23.8 Å². The molecule has 1 aromatic rings. The van der Waals surface area contributed by atoms with Gasteiger partial charge in [-0.25, -0.2) is 0 Å². The van der Waals surface area contributed by atoms with Crippen LogP contribution in [0.3, 0.4) is 0 Å². The number of hydrogen-bond acceptors (Lipinski definition) is 6. The third-order valence-corrected chi connectivity index (χ3v) is 3.41. The zero-order valence-electron chi connectivity index (χ0n) is 12.3. The normalized spacial score (nSPS) is 20.7. The summed E-state index contributed by atoms with van der Waals surface area (Å²) in [5.41, 5.74) is 0.896. The molecule has 0 bridgehead atoms. The fourth-order valence-corrected chi connectivity index (χ4v) is 2.18. The van der Waals surface area contributed by atoms with Crippen LogP contribution in [0, 0.1) is 0 Å². The van der Waals surface area contributed by atoms with Crippen molar-refractivity contribution < 1.29 is 19.0 Å². The van der Waals surface area contributed by atoms with Crippen molar-refractivity contribution in [3.05, 3.63) is 46.7 Å². The van der Waals surface area contributed by atoms with Crippen LogP contribution in [0.15, 0.2) is 35.6 Å². The lowest BCUT2D eigenvalue weighted by Crippen LogP contribution is -2.24. The Morgan fingerprint density at radius 3 is 2.82 bits per heavy atom. The largest absolute Gasteiger partial charge is 0.439 e. The zero-order chi connectivity index (χ0) is 16.3. The first-order valence-electron chi connectivity index (χ1n) is 6.57. The molecule has 1 fully saturated rings. The van der Waals surface area contributed by atoms with Gasteiger partial charge in [0.15, 0.2) is 12.1 Å². The Morgan fingerprint density at radius 1 is 1.59 bits per heavy atom. The minimum atomic E-state index is -0.689. The number of ether oxygens (including phenoxy) is 3. The van der Waals surface area contributed by atoms with E-state index in [9.17, 15) is 4.79 Å². The Hall–Kier alpha value is -1.89. The first-order chi connectivity index (χ1) is 10.4. The summed E-state index contributed by atoms with van der Waals surface area (Å²) in [7, 11) is 0. The molecule has 22 heavy (non-hydrogen) atoms. The van der Waals surface area contributed by atoms with Gasteiger partial charge in [-0.1, -0.05) is 18.2 Å². The molecular formula is C15H17ClN2O4. The molecule has 1 heterocycles. The quantitative estimate of drug-likeness (QED) is 0.230. The molecule has 1 aliphatic heterocycles. The number of carbonyl (C=O) groups is 1. The van der Waals surface area contributed by atoms with Crippen LogP contribution in [0.4, 0.5) is 0 Å². The number of aldehydes is 1. The number of hydrazone groups is 1. The molecule has 0 unspecified atom stereocenters. The van der Waals surface area contributed by atoms with Crippen LogP contribution in [0.1, 0.15) is 29.8 Å². The zero-order valence-corrected chi connectivity index (χ0v) is 13.1. The third-order valence-electron chi connectivity index (χ3n) is 3.09. The molecule has 7 heteroatoms. The third kappa shape index (κ3) is 3.65. The number of carbonyl (C=O) groups excluding carboxylic acids is 1. The van der Waals surface area contributed by atoms with Gasteiger partial charge in [0.05, 0.1) is 11.6 Å². The van der Waals surface area contributed by atoms with Crippen LogP contribution in [-0.4, -0.2) is 30.7 Å². The summed E-state index contributed by atoms with van der Waals surface area (Å²) in [5, 5.41) is 3.87. The fraction of sp³-hybridized carbons (Fsp3) is 0.333.